The zero-order chi connectivity index (χ0) is 15.7. The zero-order valence-corrected chi connectivity index (χ0v) is 11.6. The molecule has 0 aliphatic heterocycles. The fourth-order valence-corrected chi connectivity index (χ4v) is 1.55. The number of unbranched alkanes of at least 4 members (excludes halogenated alkanes) is 2. The highest BCUT2D eigenvalue weighted by Crippen LogP contribution is 2.28. The van der Waals surface area contributed by atoms with E-state index in [1.807, 2.05) is 19.1 Å². The minimum atomic E-state index is -0.684. The molecule has 21 heavy (non-hydrogen) atoms. The molecule has 0 heterocycles. The maximum atomic E-state index is 10.9. The largest absolute Gasteiger partial charge is 0.301 e. The average Bonchev–Trinajstić information content (AvgIpc) is 2.46. The maximum absolute atomic E-state index is 10.9. The van der Waals surface area contributed by atoms with E-state index in [9.17, 15) is 20.2 Å². The second-order valence-corrected chi connectivity index (χ2v) is 4.14. The van der Waals surface area contributed by atoms with Crippen molar-refractivity contribution < 1.29 is 9.85 Å². The summed E-state index contributed by atoms with van der Waals surface area (Å²) in [7, 11) is 0. The van der Waals surface area contributed by atoms with Gasteiger partial charge in [-0.2, -0.15) is 5.10 Å². The number of nitrogens with one attached hydrogen (secondary N) is 1. The Morgan fingerprint density at radius 2 is 2.00 bits per heavy atom. The summed E-state index contributed by atoms with van der Waals surface area (Å²) >= 11 is 0. The molecule has 8 nitrogen and oxygen atoms in total. The van der Waals surface area contributed by atoms with Crippen LogP contribution in [0.2, 0.25) is 0 Å². The van der Waals surface area contributed by atoms with E-state index in [1.54, 1.807) is 6.21 Å². The first-order chi connectivity index (χ1) is 10.1. The molecule has 0 aliphatic rings. The third kappa shape index (κ3) is 5.39. The molecule has 0 amide bonds. The van der Waals surface area contributed by atoms with Crippen molar-refractivity contribution in [3.63, 3.8) is 0 Å². The molecule has 8 heteroatoms. The van der Waals surface area contributed by atoms with Gasteiger partial charge >= 0.3 is 5.69 Å². The molecule has 0 spiro atoms. The summed E-state index contributed by atoms with van der Waals surface area (Å²) < 4.78 is 0. The van der Waals surface area contributed by atoms with Crippen molar-refractivity contribution in [3.05, 3.63) is 50.6 Å². The minimum Gasteiger partial charge on any atom is -0.272 e. The molecule has 0 fully saturated rings. The molecular weight excluding hydrogens is 276 g/mol. The lowest BCUT2D eigenvalue weighted by atomic mass is 10.2. The molecule has 0 bridgehead atoms. The third-order valence-corrected chi connectivity index (χ3v) is 2.60. The number of hydrogen-bond acceptors (Lipinski definition) is 6. The highest BCUT2D eigenvalue weighted by molar-refractivity contribution is 5.67. The van der Waals surface area contributed by atoms with Crippen LogP contribution in [-0.2, 0) is 0 Å². The van der Waals surface area contributed by atoms with Gasteiger partial charge in [-0.05, 0) is 32.3 Å². The molecule has 0 atom stereocenters. The second kappa shape index (κ2) is 8.41. The van der Waals surface area contributed by atoms with Crippen molar-refractivity contribution in [2.24, 2.45) is 5.10 Å². The van der Waals surface area contributed by atoms with Crippen LogP contribution >= 0.6 is 0 Å². The van der Waals surface area contributed by atoms with Gasteiger partial charge in [-0.15, -0.1) is 0 Å². The molecule has 1 rings (SSSR count). The summed E-state index contributed by atoms with van der Waals surface area (Å²) in [5, 5.41) is 25.4. The van der Waals surface area contributed by atoms with Crippen molar-refractivity contribution in [2.45, 2.75) is 26.2 Å². The highest BCUT2D eigenvalue weighted by atomic mass is 16.6. The number of allylic oxidation sites excluding steroid dienone is 2. The lowest BCUT2D eigenvalue weighted by Crippen LogP contribution is -1.98. The molecule has 0 radical (unpaired) electrons. The molecular formula is C13H16N4O4. The van der Waals surface area contributed by atoms with Gasteiger partial charge in [-0.25, -0.2) is 0 Å². The maximum Gasteiger partial charge on any atom is 0.301 e. The van der Waals surface area contributed by atoms with Crippen LogP contribution in [0.25, 0.3) is 0 Å². The molecule has 112 valence electrons. The van der Waals surface area contributed by atoms with Gasteiger partial charge in [0.05, 0.1) is 15.9 Å². The van der Waals surface area contributed by atoms with Crippen LogP contribution in [0.15, 0.2) is 35.5 Å². The first kappa shape index (κ1) is 16.3. The van der Waals surface area contributed by atoms with E-state index in [2.05, 4.69) is 10.5 Å². The number of nitro groups is 2. The van der Waals surface area contributed by atoms with Crippen molar-refractivity contribution in [2.75, 3.05) is 5.43 Å². The fourth-order valence-electron chi connectivity index (χ4n) is 1.55. The average molecular weight is 292 g/mol. The van der Waals surface area contributed by atoms with Gasteiger partial charge < -0.3 is 0 Å². The molecule has 1 N–H and O–H groups in total. The second-order valence-electron chi connectivity index (χ2n) is 4.14. The standard InChI is InChI=1S/C13H16N4O4/c1-2-3-4-5-6-9-14-15-12-8-7-11(16(18)19)10-13(12)17(20)21/h2-3,7-10,15H,4-6H2,1H3/b3-2+,14-9+. The van der Waals surface area contributed by atoms with Crippen LogP contribution in [0.5, 0.6) is 0 Å². The number of nitro benzene ring substituents is 2. The van der Waals surface area contributed by atoms with Crippen molar-refractivity contribution in [1.29, 1.82) is 0 Å². The summed E-state index contributed by atoms with van der Waals surface area (Å²) in [6.45, 7) is 1.95. The van der Waals surface area contributed by atoms with Gasteiger partial charge in [0, 0.05) is 12.3 Å². The molecule has 1 aromatic rings. The van der Waals surface area contributed by atoms with Crippen molar-refractivity contribution in [1.82, 2.24) is 0 Å². The van der Waals surface area contributed by atoms with Crippen LogP contribution in [0, 0.1) is 20.2 Å². The summed E-state index contributed by atoms with van der Waals surface area (Å²) in [6.07, 6.45) is 8.24. The first-order valence-electron chi connectivity index (χ1n) is 6.37. The van der Waals surface area contributed by atoms with E-state index >= 15 is 0 Å². The Labute approximate surface area is 121 Å². The van der Waals surface area contributed by atoms with Gasteiger partial charge in [0.15, 0.2) is 0 Å². The Kier molecular flexibility index (Phi) is 6.52. The Morgan fingerprint density at radius 1 is 1.24 bits per heavy atom. The van der Waals surface area contributed by atoms with Gasteiger partial charge in [0.1, 0.15) is 5.69 Å². The van der Waals surface area contributed by atoms with Gasteiger partial charge in [0.2, 0.25) is 0 Å². The number of rotatable bonds is 8. The van der Waals surface area contributed by atoms with E-state index in [0.717, 1.165) is 25.3 Å². The van der Waals surface area contributed by atoms with Crippen LogP contribution in [0.4, 0.5) is 17.1 Å². The van der Waals surface area contributed by atoms with Crippen molar-refractivity contribution >= 4 is 23.3 Å². The van der Waals surface area contributed by atoms with E-state index in [1.165, 1.54) is 12.1 Å². The monoisotopic (exact) mass is 292 g/mol. The van der Waals surface area contributed by atoms with Crippen LogP contribution in [0.3, 0.4) is 0 Å². The molecule has 0 saturated carbocycles. The molecule has 0 aliphatic carbocycles. The predicted octanol–water partition coefficient (Wildman–Crippen LogP) is 3.65. The third-order valence-electron chi connectivity index (χ3n) is 2.60. The summed E-state index contributed by atoms with van der Waals surface area (Å²) in [5.41, 5.74) is 1.95. The highest BCUT2D eigenvalue weighted by Gasteiger charge is 2.18. The zero-order valence-electron chi connectivity index (χ0n) is 11.6. The van der Waals surface area contributed by atoms with E-state index in [4.69, 9.17) is 0 Å². The first-order valence-corrected chi connectivity index (χ1v) is 6.37. The summed E-state index contributed by atoms with van der Waals surface area (Å²) in [6, 6.07) is 3.37. The lowest BCUT2D eigenvalue weighted by Gasteiger charge is -2.01. The minimum absolute atomic E-state index is 0.121. The fraction of sp³-hybridized carbons (Fsp3) is 0.308. The Balaban J connectivity index is 2.68. The van der Waals surface area contributed by atoms with Crippen molar-refractivity contribution in [3.8, 4) is 0 Å². The summed E-state index contributed by atoms with van der Waals surface area (Å²) in [4.78, 5) is 20.1. The topological polar surface area (TPSA) is 111 Å². The quantitative estimate of drug-likeness (QED) is 0.258. The molecule has 0 unspecified atom stereocenters. The smallest absolute Gasteiger partial charge is 0.272 e. The predicted molar refractivity (Wildman–Crippen MR) is 80.5 cm³/mol. The Hall–Kier alpha value is -2.77. The number of hydrogen-bond donors (Lipinski definition) is 1. The molecule has 0 saturated heterocycles. The number of anilines is 1. The summed E-state index contributed by atoms with van der Waals surface area (Å²) in [5.74, 6) is 0. The molecule has 1 aromatic carbocycles. The number of non-ortho nitro benzene ring substituents is 1. The van der Waals surface area contributed by atoms with Gasteiger partial charge in [-0.1, -0.05) is 12.2 Å². The number of nitrogens with zero attached hydrogens (tertiary/aromatic N) is 3. The van der Waals surface area contributed by atoms with Gasteiger partial charge in [0.25, 0.3) is 5.69 Å². The number of benzene rings is 1. The van der Waals surface area contributed by atoms with Crippen LogP contribution < -0.4 is 5.43 Å². The SMILES string of the molecule is C/C=C/CCC/C=N/Nc1ccc([N+](=O)[O-])cc1[N+](=O)[O-]. The lowest BCUT2D eigenvalue weighted by molar-refractivity contribution is -0.393. The van der Waals surface area contributed by atoms with E-state index in [0.29, 0.717) is 0 Å². The van der Waals surface area contributed by atoms with Crippen LogP contribution in [0.1, 0.15) is 26.2 Å². The van der Waals surface area contributed by atoms with Gasteiger partial charge in [-0.3, -0.25) is 25.7 Å². The normalized spacial score (nSPS) is 11.1. The van der Waals surface area contributed by atoms with E-state index < -0.39 is 9.85 Å². The Morgan fingerprint density at radius 3 is 2.62 bits per heavy atom. The number of hydrazone groups is 1. The van der Waals surface area contributed by atoms with E-state index in [-0.39, 0.29) is 17.1 Å². The van der Waals surface area contributed by atoms with Crippen LogP contribution in [-0.4, -0.2) is 16.1 Å². The Bertz CT molecular complexity index is 569. The molecule has 0 aromatic heterocycles.